The van der Waals surface area contributed by atoms with Crippen LogP contribution in [0.5, 0.6) is 0 Å². The number of imidazole rings is 1. The monoisotopic (exact) mass is 218 g/mol. The first-order chi connectivity index (χ1) is 7.34. The lowest BCUT2D eigenvalue weighted by atomic mass is 10.3. The Hall–Kier alpha value is -1.68. The minimum Gasteiger partial charge on any atom is -0.338 e. The summed E-state index contributed by atoms with van der Waals surface area (Å²) in [4.78, 5) is 7.33. The SMILES string of the molecule is Fc1cccc2[nH]c(-c3ccsc3)nc12. The van der Waals surface area contributed by atoms with Gasteiger partial charge in [0.1, 0.15) is 11.3 Å². The predicted octanol–water partition coefficient (Wildman–Crippen LogP) is 3.43. The zero-order chi connectivity index (χ0) is 10.3. The van der Waals surface area contributed by atoms with E-state index in [1.807, 2.05) is 22.9 Å². The third-order valence-electron chi connectivity index (χ3n) is 2.26. The molecule has 1 aromatic carbocycles. The lowest BCUT2D eigenvalue weighted by Crippen LogP contribution is -1.76. The quantitative estimate of drug-likeness (QED) is 0.666. The molecule has 4 heteroatoms. The third kappa shape index (κ3) is 1.34. The number of aromatic amines is 1. The van der Waals surface area contributed by atoms with Crippen molar-refractivity contribution in [3.8, 4) is 11.4 Å². The number of rotatable bonds is 1. The highest BCUT2D eigenvalue weighted by atomic mass is 32.1. The molecule has 0 spiro atoms. The Kier molecular flexibility index (Phi) is 1.82. The Balaban J connectivity index is 2.27. The molecule has 0 aliphatic carbocycles. The first kappa shape index (κ1) is 8.61. The van der Waals surface area contributed by atoms with Gasteiger partial charge in [0.2, 0.25) is 0 Å². The summed E-state index contributed by atoms with van der Waals surface area (Å²) in [5, 5.41) is 3.95. The summed E-state index contributed by atoms with van der Waals surface area (Å²) in [6.45, 7) is 0. The van der Waals surface area contributed by atoms with Gasteiger partial charge < -0.3 is 4.98 Å². The molecule has 0 radical (unpaired) electrons. The number of thiophene rings is 1. The van der Waals surface area contributed by atoms with E-state index < -0.39 is 0 Å². The van der Waals surface area contributed by atoms with Gasteiger partial charge >= 0.3 is 0 Å². The van der Waals surface area contributed by atoms with Crippen molar-refractivity contribution in [2.45, 2.75) is 0 Å². The van der Waals surface area contributed by atoms with E-state index >= 15 is 0 Å². The highest BCUT2D eigenvalue weighted by Gasteiger charge is 2.08. The molecule has 3 rings (SSSR count). The van der Waals surface area contributed by atoms with Crippen LogP contribution in [0.3, 0.4) is 0 Å². The van der Waals surface area contributed by atoms with Crippen LogP contribution < -0.4 is 0 Å². The summed E-state index contributed by atoms with van der Waals surface area (Å²) in [5.74, 6) is 0.432. The molecule has 3 aromatic rings. The fourth-order valence-electron chi connectivity index (χ4n) is 1.53. The first-order valence-corrected chi connectivity index (χ1v) is 5.46. The Morgan fingerprint density at radius 3 is 2.93 bits per heavy atom. The topological polar surface area (TPSA) is 28.7 Å². The molecule has 0 fully saturated rings. The van der Waals surface area contributed by atoms with Gasteiger partial charge in [-0.1, -0.05) is 6.07 Å². The summed E-state index contributed by atoms with van der Waals surface area (Å²) >= 11 is 1.59. The smallest absolute Gasteiger partial charge is 0.151 e. The molecule has 15 heavy (non-hydrogen) atoms. The lowest BCUT2D eigenvalue weighted by molar-refractivity contribution is 0.637. The van der Waals surface area contributed by atoms with Crippen LogP contribution in [-0.2, 0) is 0 Å². The number of nitrogens with zero attached hydrogens (tertiary/aromatic N) is 1. The van der Waals surface area contributed by atoms with Gasteiger partial charge in [-0.2, -0.15) is 11.3 Å². The molecule has 74 valence electrons. The average Bonchev–Trinajstić information content (AvgIpc) is 2.86. The van der Waals surface area contributed by atoms with Crippen LogP contribution in [0, 0.1) is 5.82 Å². The van der Waals surface area contributed by atoms with E-state index in [2.05, 4.69) is 9.97 Å². The molecule has 0 amide bonds. The van der Waals surface area contributed by atoms with E-state index in [-0.39, 0.29) is 5.82 Å². The summed E-state index contributed by atoms with van der Waals surface area (Å²) in [6.07, 6.45) is 0. The highest BCUT2D eigenvalue weighted by Crippen LogP contribution is 2.23. The third-order valence-corrected chi connectivity index (χ3v) is 2.94. The van der Waals surface area contributed by atoms with Crippen molar-refractivity contribution in [3.63, 3.8) is 0 Å². The van der Waals surface area contributed by atoms with Crippen LogP contribution in [0.4, 0.5) is 4.39 Å². The van der Waals surface area contributed by atoms with Crippen LogP contribution in [0.2, 0.25) is 0 Å². The Morgan fingerprint density at radius 2 is 2.20 bits per heavy atom. The molecule has 2 aromatic heterocycles. The van der Waals surface area contributed by atoms with E-state index in [0.29, 0.717) is 5.52 Å². The van der Waals surface area contributed by atoms with Crippen LogP contribution >= 0.6 is 11.3 Å². The zero-order valence-corrected chi connectivity index (χ0v) is 8.51. The number of fused-ring (bicyclic) bond motifs is 1. The first-order valence-electron chi connectivity index (χ1n) is 4.51. The van der Waals surface area contributed by atoms with Crippen molar-refractivity contribution < 1.29 is 4.39 Å². The maximum absolute atomic E-state index is 13.4. The molecule has 0 unspecified atom stereocenters. The van der Waals surface area contributed by atoms with Gasteiger partial charge in [-0.05, 0) is 23.6 Å². The summed E-state index contributed by atoms with van der Waals surface area (Å²) in [5.41, 5.74) is 2.13. The number of para-hydroxylation sites is 1. The summed E-state index contributed by atoms with van der Waals surface area (Å²) in [7, 11) is 0. The Morgan fingerprint density at radius 1 is 1.27 bits per heavy atom. The van der Waals surface area contributed by atoms with E-state index in [1.165, 1.54) is 6.07 Å². The number of halogens is 1. The van der Waals surface area contributed by atoms with Crippen molar-refractivity contribution in [1.29, 1.82) is 0 Å². The van der Waals surface area contributed by atoms with E-state index in [1.54, 1.807) is 17.4 Å². The average molecular weight is 218 g/mol. The van der Waals surface area contributed by atoms with Crippen molar-refractivity contribution >= 4 is 22.4 Å². The van der Waals surface area contributed by atoms with Crippen LogP contribution in [-0.4, -0.2) is 9.97 Å². The fraction of sp³-hybridized carbons (Fsp3) is 0. The van der Waals surface area contributed by atoms with Crippen molar-refractivity contribution in [2.75, 3.05) is 0 Å². The Bertz CT molecular complexity index is 598. The molecule has 0 atom stereocenters. The second-order valence-corrected chi connectivity index (χ2v) is 4.01. The van der Waals surface area contributed by atoms with Gasteiger partial charge in [0.05, 0.1) is 5.52 Å². The van der Waals surface area contributed by atoms with E-state index in [0.717, 1.165) is 16.9 Å². The van der Waals surface area contributed by atoms with Gasteiger partial charge in [0.15, 0.2) is 5.82 Å². The number of benzene rings is 1. The van der Waals surface area contributed by atoms with Crippen LogP contribution in [0.25, 0.3) is 22.4 Å². The molecule has 0 saturated carbocycles. The largest absolute Gasteiger partial charge is 0.338 e. The summed E-state index contributed by atoms with van der Waals surface area (Å²) in [6, 6.07) is 6.87. The van der Waals surface area contributed by atoms with Crippen molar-refractivity contribution in [1.82, 2.24) is 9.97 Å². The minimum absolute atomic E-state index is 0.287. The Labute approximate surface area is 89.4 Å². The normalized spacial score (nSPS) is 11.0. The molecular weight excluding hydrogens is 211 g/mol. The fourth-order valence-corrected chi connectivity index (χ4v) is 2.17. The lowest BCUT2D eigenvalue weighted by Gasteiger charge is -1.86. The maximum Gasteiger partial charge on any atom is 0.151 e. The second-order valence-electron chi connectivity index (χ2n) is 3.23. The van der Waals surface area contributed by atoms with E-state index in [4.69, 9.17) is 0 Å². The van der Waals surface area contributed by atoms with Gasteiger partial charge in [-0.3, -0.25) is 0 Å². The molecular formula is C11H7FN2S. The number of hydrogen-bond acceptors (Lipinski definition) is 2. The van der Waals surface area contributed by atoms with Gasteiger partial charge in [-0.15, -0.1) is 0 Å². The van der Waals surface area contributed by atoms with Gasteiger partial charge in [-0.25, -0.2) is 9.37 Å². The number of nitrogens with one attached hydrogen (secondary N) is 1. The van der Waals surface area contributed by atoms with Crippen LogP contribution in [0.15, 0.2) is 35.0 Å². The van der Waals surface area contributed by atoms with Crippen molar-refractivity contribution in [3.05, 3.63) is 40.8 Å². The highest BCUT2D eigenvalue weighted by molar-refractivity contribution is 7.08. The molecule has 2 nitrogen and oxygen atoms in total. The second kappa shape index (κ2) is 3.17. The molecule has 2 heterocycles. The standard InChI is InChI=1S/C11H7FN2S/c12-8-2-1-3-9-10(8)14-11(13-9)7-4-5-15-6-7/h1-6H,(H,13,14). The zero-order valence-electron chi connectivity index (χ0n) is 7.70. The van der Waals surface area contributed by atoms with Crippen LogP contribution in [0.1, 0.15) is 0 Å². The molecule has 0 aliphatic heterocycles. The molecule has 0 aliphatic rings. The number of H-pyrrole nitrogens is 1. The van der Waals surface area contributed by atoms with E-state index in [9.17, 15) is 4.39 Å². The van der Waals surface area contributed by atoms with Gasteiger partial charge in [0, 0.05) is 10.9 Å². The summed E-state index contributed by atoms with van der Waals surface area (Å²) < 4.78 is 13.4. The molecule has 1 N–H and O–H groups in total. The minimum atomic E-state index is -0.287. The number of hydrogen-bond donors (Lipinski definition) is 1. The number of aromatic nitrogens is 2. The molecule has 0 saturated heterocycles. The van der Waals surface area contributed by atoms with Gasteiger partial charge in [0.25, 0.3) is 0 Å². The molecule has 0 bridgehead atoms. The van der Waals surface area contributed by atoms with Crippen molar-refractivity contribution in [2.24, 2.45) is 0 Å². The maximum atomic E-state index is 13.4. The predicted molar refractivity (Wildman–Crippen MR) is 59.4 cm³/mol.